The Morgan fingerprint density at radius 1 is 0.889 bits per heavy atom. The number of pyridine rings is 1. The zero-order valence-corrected chi connectivity index (χ0v) is 14.9. The molecule has 1 aliphatic carbocycles. The van der Waals surface area contributed by atoms with Crippen LogP contribution in [0, 0.1) is 0 Å². The van der Waals surface area contributed by atoms with Crippen molar-refractivity contribution in [3.63, 3.8) is 0 Å². The molecule has 0 aliphatic heterocycles. The summed E-state index contributed by atoms with van der Waals surface area (Å²) in [5.74, 6) is 1.04. The lowest BCUT2D eigenvalue weighted by Gasteiger charge is -2.24. The zero-order chi connectivity index (χ0) is 18.6. The van der Waals surface area contributed by atoms with E-state index in [-0.39, 0.29) is 13.2 Å². The summed E-state index contributed by atoms with van der Waals surface area (Å²) < 4.78 is 5.49. The minimum atomic E-state index is -0.00400. The molecule has 1 aliphatic rings. The second-order valence-electron chi connectivity index (χ2n) is 6.53. The molecule has 4 heteroatoms. The van der Waals surface area contributed by atoms with Crippen molar-refractivity contribution in [3.05, 3.63) is 89.2 Å². The summed E-state index contributed by atoms with van der Waals surface area (Å²) in [6.07, 6.45) is 5.43. The van der Waals surface area contributed by atoms with E-state index in [2.05, 4.69) is 4.98 Å². The first-order chi connectivity index (χ1) is 13.3. The largest absolute Gasteiger partial charge is 0.508 e. The molecule has 136 valence electrons. The van der Waals surface area contributed by atoms with Crippen LogP contribution in [0.15, 0.2) is 67.0 Å². The van der Waals surface area contributed by atoms with E-state index in [4.69, 9.17) is 9.84 Å². The van der Waals surface area contributed by atoms with E-state index in [1.807, 2.05) is 60.9 Å². The van der Waals surface area contributed by atoms with Gasteiger partial charge in [-0.1, -0.05) is 18.2 Å². The van der Waals surface area contributed by atoms with Crippen LogP contribution in [0.4, 0.5) is 0 Å². The summed E-state index contributed by atoms with van der Waals surface area (Å²) in [6, 6.07) is 17.6. The number of phenols is 1. The number of aromatic nitrogens is 1. The number of fused-ring (bicyclic) bond motifs is 1. The third kappa shape index (κ3) is 3.57. The second-order valence-corrected chi connectivity index (χ2v) is 6.53. The molecule has 2 N–H and O–H groups in total. The third-order valence-electron chi connectivity index (χ3n) is 4.84. The summed E-state index contributed by atoms with van der Waals surface area (Å²) in [7, 11) is 0. The van der Waals surface area contributed by atoms with Crippen LogP contribution in [-0.4, -0.2) is 28.4 Å². The van der Waals surface area contributed by atoms with Crippen LogP contribution in [-0.2, 0) is 6.42 Å². The molecule has 0 atom stereocenters. The Labute approximate surface area is 158 Å². The SMILES string of the molecule is OCCOc1ccc(C2=C(c3ccncc3)CCc3cc(O)ccc32)cc1. The number of aliphatic hydroxyl groups is 1. The van der Waals surface area contributed by atoms with E-state index in [0.29, 0.717) is 5.75 Å². The maximum absolute atomic E-state index is 9.89. The van der Waals surface area contributed by atoms with Crippen molar-refractivity contribution in [1.29, 1.82) is 0 Å². The Morgan fingerprint density at radius 3 is 2.41 bits per heavy atom. The molecule has 4 nitrogen and oxygen atoms in total. The number of ether oxygens (including phenoxy) is 1. The summed E-state index contributed by atoms with van der Waals surface area (Å²) in [5.41, 5.74) is 7.03. The van der Waals surface area contributed by atoms with Crippen molar-refractivity contribution in [1.82, 2.24) is 4.98 Å². The van der Waals surface area contributed by atoms with Gasteiger partial charge in [0.25, 0.3) is 0 Å². The first kappa shape index (κ1) is 17.3. The summed E-state index contributed by atoms with van der Waals surface area (Å²) >= 11 is 0. The summed E-state index contributed by atoms with van der Waals surface area (Å²) in [4.78, 5) is 4.14. The fourth-order valence-electron chi connectivity index (χ4n) is 3.63. The highest BCUT2D eigenvalue weighted by Gasteiger charge is 2.21. The Bertz CT molecular complexity index is 963. The van der Waals surface area contributed by atoms with Crippen molar-refractivity contribution < 1.29 is 14.9 Å². The van der Waals surface area contributed by atoms with Crippen molar-refractivity contribution in [2.24, 2.45) is 0 Å². The Morgan fingerprint density at radius 2 is 1.67 bits per heavy atom. The van der Waals surface area contributed by atoms with Gasteiger partial charge in [-0.3, -0.25) is 4.98 Å². The number of aryl methyl sites for hydroxylation is 1. The highest BCUT2D eigenvalue weighted by atomic mass is 16.5. The predicted octanol–water partition coefficient (Wildman–Crippen LogP) is 4.06. The van der Waals surface area contributed by atoms with E-state index in [1.165, 1.54) is 16.7 Å². The number of phenolic OH excluding ortho intramolecular Hbond substituents is 1. The van der Waals surface area contributed by atoms with E-state index >= 15 is 0 Å². The van der Waals surface area contributed by atoms with E-state index in [1.54, 1.807) is 6.07 Å². The van der Waals surface area contributed by atoms with Gasteiger partial charge in [0.1, 0.15) is 18.1 Å². The van der Waals surface area contributed by atoms with Gasteiger partial charge in [-0.05, 0) is 82.6 Å². The lowest BCUT2D eigenvalue weighted by Crippen LogP contribution is -2.06. The topological polar surface area (TPSA) is 62.6 Å². The van der Waals surface area contributed by atoms with Crippen LogP contribution in [0.25, 0.3) is 11.1 Å². The molecule has 2 aromatic carbocycles. The van der Waals surface area contributed by atoms with Crippen molar-refractivity contribution in [3.8, 4) is 11.5 Å². The van der Waals surface area contributed by atoms with Gasteiger partial charge in [-0.2, -0.15) is 0 Å². The lowest BCUT2D eigenvalue weighted by atomic mass is 9.80. The van der Waals surface area contributed by atoms with Gasteiger partial charge < -0.3 is 14.9 Å². The molecule has 0 bridgehead atoms. The van der Waals surface area contributed by atoms with Gasteiger partial charge in [-0.15, -0.1) is 0 Å². The van der Waals surface area contributed by atoms with E-state index in [0.717, 1.165) is 35.3 Å². The van der Waals surface area contributed by atoms with Gasteiger partial charge in [0.2, 0.25) is 0 Å². The average Bonchev–Trinajstić information content (AvgIpc) is 2.72. The highest BCUT2D eigenvalue weighted by Crippen LogP contribution is 2.41. The molecule has 0 amide bonds. The molecule has 0 saturated carbocycles. The van der Waals surface area contributed by atoms with E-state index < -0.39 is 0 Å². The number of rotatable bonds is 5. The van der Waals surface area contributed by atoms with Crippen molar-refractivity contribution in [2.45, 2.75) is 12.8 Å². The van der Waals surface area contributed by atoms with Gasteiger partial charge >= 0.3 is 0 Å². The third-order valence-corrected chi connectivity index (χ3v) is 4.84. The molecule has 1 heterocycles. The average molecular weight is 359 g/mol. The van der Waals surface area contributed by atoms with Crippen molar-refractivity contribution >= 4 is 11.1 Å². The number of aliphatic hydroxyl groups excluding tert-OH is 1. The molecule has 0 unspecified atom stereocenters. The normalized spacial score (nSPS) is 13.4. The Balaban J connectivity index is 1.84. The Hall–Kier alpha value is -3.11. The molecule has 3 aromatic rings. The van der Waals surface area contributed by atoms with Gasteiger partial charge in [0, 0.05) is 12.4 Å². The minimum absolute atomic E-state index is 0.00400. The first-order valence-electron chi connectivity index (χ1n) is 9.06. The standard InChI is InChI=1S/C23H21NO3/c25-13-14-27-20-5-1-17(2-6-20)23-21(16-9-11-24-12-10-16)7-3-18-15-19(26)4-8-22(18)23/h1-2,4-6,8-12,15,25-26H,3,7,13-14H2. The lowest BCUT2D eigenvalue weighted by molar-refractivity contribution is 0.201. The van der Waals surface area contributed by atoms with Crippen LogP contribution in [0.3, 0.4) is 0 Å². The fraction of sp³-hybridized carbons (Fsp3) is 0.174. The van der Waals surface area contributed by atoms with Crippen LogP contribution >= 0.6 is 0 Å². The van der Waals surface area contributed by atoms with Crippen LogP contribution < -0.4 is 4.74 Å². The van der Waals surface area contributed by atoms with Gasteiger partial charge in [-0.25, -0.2) is 0 Å². The monoisotopic (exact) mass is 359 g/mol. The number of aromatic hydroxyl groups is 1. The maximum Gasteiger partial charge on any atom is 0.119 e. The molecule has 27 heavy (non-hydrogen) atoms. The zero-order valence-electron chi connectivity index (χ0n) is 14.9. The minimum Gasteiger partial charge on any atom is -0.508 e. The van der Waals surface area contributed by atoms with Gasteiger partial charge in [0.15, 0.2) is 0 Å². The Kier molecular flexibility index (Phi) is 4.90. The molecular weight excluding hydrogens is 338 g/mol. The van der Waals surface area contributed by atoms with Crippen molar-refractivity contribution in [2.75, 3.05) is 13.2 Å². The summed E-state index contributed by atoms with van der Waals surface area (Å²) in [6.45, 7) is 0.280. The number of nitrogens with zero attached hydrogens (tertiary/aromatic N) is 1. The van der Waals surface area contributed by atoms with Crippen LogP contribution in [0.5, 0.6) is 11.5 Å². The highest BCUT2D eigenvalue weighted by molar-refractivity contribution is 6.00. The fourth-order valence-corrected chi connectivity index (χ4v) is 3.63. The van der Waals surface area contributed by atoms with Crippen LogP contribution in [0.2, 0.25) is 0 Å². The van der Waals surface area contributed by atoms with Crippen LogP contribution in [0.1, 0.15) is 28.7 Å². The summed E-state index contributed by atoms with van der Waals surface area (Å²) in [5, 5.41) is 18.8. The number of hydrogen-bond acceptors (Lipinski definition) is 4. The smallest absolute Gasteiger partial charge is 0.119 e. The molecule has 0 saturated heterocycles. The quantitative estimate of drug-likeness (QED) is 0.721. The van der Waals surface area contributed by atoms with Gasteiger partial charge in [0.05, 0.1) is 6.61 Å². The molecule has 0 radical (unpaired) electrons. The molecule has 0 spiro atoms. The predicted molar refractivity (Wildman–Crippen MR) is 106 cm³/mol. The maximum atomic E-state index is 9.89. The number of hydrogen-bond donors (Lipinski definition) is 2. The molecule has 4 rings (SSSR count). The second kappa shape index (κ2) is 7.64. The number of allylic oxidation sites excluding steroid dienone is 1. The molecule has 1 aromatic heterocycles. The molecule has 0 fully saturated rings. The molecular formula is C23H21NO3. The number of benzene rings is 2. The van der Waals surface area contributed by atoms with E-state index in [9.17, 15) is 5.11 Å². The first-order valence-corrected chi connectivity index (χ1v) is 9.06.